The fraction of sp³-hybridized carbons (Fsp3) is 0.636. The normalized spacial score (nSPS) is 12.1. The van der Waals surface area contributed by atoms with E-state index in [4.69, 9.17) is 4.74 Å². The molecule has 1 heterocycles. The van der Waals surface area contributed by atoms with Gasteiger partial charge in [-0.05, 0) is 48.3 Å². The molecule has 0 saturated carbocycles. The molecule has 0 aliphatic heterocycles. The van der Waals surface area contributed by atoms with E-state index in [-0.39, 0.29) is 5.60 Å². The number of methoxy groups -OCH3 is 1. The van der Waals surface area contributed by atoms with Gasteiger partial charge >= 0.3 is 0 Å². The van der Waals surface area contributed by atoms with E-state index < -0.39 is 0 Å². The molecule has 0 spiro atoms. The highest BCUT2D eigenvalue weighted by Gasteiger charge is 2.15. The number of aryl methyl sites for hydroxylation is 1. The topological polar surface area (TPSA) is 21.3 Å². The van der Waals surface area contributed by atoms with Gasteiger partial charge in [0.05, 0.1) is 9.39 Å². The van der Waals surface area contributed by atoms with Crippen molar-refractivity contribution < 1.29 is 4.74 Å². The van der Waals surface area contributed by atoms with Gasteiger partial charge in [-0.1, -0.05) is 0 Å². The van der Waals surface area contributed by atoms with E-state index in [2.05, 4.69) is 48.1 Å². The first-order valence-electron chi connectivity index (χ1n) is 4.95. The van der Waals surface area contributed by atoms with Crippen LogP contribution in [0.5, 0.6) is 0 Å². The second-order valence-corrected chi connectivity index (χ2v) is 6.69. The Kier molecular flexibility index (Phi) is 4.77. The lowest BCUT2D eigenvalue weighted by Crippen LogP contribution is -2.36. The van der Waals surface area contributed by atoms with Gasteiger partial charge in [0.2, 0.25) is 0 Å². The lowest BCUT2D eigenvalue weighted by atomic mass is 10.1. The van der Waals surface area contributed by atoms with E-state index in [9.17, 15) is 0 Å². The molecule has 1 rings (SSSR count). The molecule has 0 saturated heterocycles. The number of rotatable bonds is 5. The molecule has 1 N–H and O–H groups in total. The molecule has 0 aliphatic carbocycles. The highest BCUT2D eigenvalue weighted by Crippen LogP contribution is 2.27. The molecule has 2 nitrogen and oxygen atoms in total. The Hall–Kier alpha value is 0.1000. The monoisotopic (exact) mass is 291 g/mol. The van der Waals surface area contributed by atoms with Crippen LogP contribution in [-0.2, 0) is 11.3 Å². The summed E-state index contributed by atoms with van der Waals surface area (Å²) in [6.45, 7) is 8.04. The second-order valence-electron chi connectivity index (χ2n) is 4.24. The summed E-state index contributed by atoms with van der Waals surface area (Å²) < 4.78 is 6.56. The number of thiophene rings is 1. The quantitative estimate of drug-likeness (QED) is 0.898. The number of ether oxygens (including phenoxy) is 1. The maximum Gasteiger partial charge on any atom is 0.0746 e. The molecule has 0 amide bonds. The first-order valence-corrected chi connectivity index (χ1v) is 6.56. The Labute approximate surface area is 104 Å². The van der Waals surface area contributed by atoms with E-state index in [1.807, 2.05) is 0 Å². The molecule has 0 aromatic carbocycles. The lowest BCUT2D eigenvalue weighted by Gasteiger charge is -2.22. The predicted octanol–water partition coefficient (Wildman–Crippen LogP) is 3.33. The fourth-order valence-electron chi connectivity index (χ4n) is 1.17. The molecule has 15 heavy (non-hydrogen) atoms. The van der Waals surface area contributed by atoms with Crippen LogP contribution in [0.4, 0.5) is 0 Å². The van der Waals surface area contributed by atoms with Crippen LogP contribution in [0.25, 0.3) is 0 Å². The Balaban J connectivity index is 2.38. The van der Waals surface area contributed by atoms with Crippen molar-refractivity contribution in [3.05, 3.63) is 20.3 Å². The Morgan fingerprint density at radius 1 is 1.53 bits per heavy atom. The van der Waals surface area contributed by atoms with Crippen LogP contribution < -0.4 is 5.32 Å². The zero-order valence-corrected chi connectivity index (χ0v) is 12.1. The standard InChI is InChI=1S/C11H18BrNOS/c1-8-5-9(15-10(8)12)6-13-7-11(2,3)14-4/h5,13H,6-7H2,1-4H3. The van der Waals surface area contributed by atoms with Gasteiger partial charge in [-0.3, -0.25) is 0 Å². The number of hydrogen-bond acceptors (Lipinski definition) is 3. The summed E-state index contributed by atoms with van der Waals surface area (Å²) >= 11 is 5.31. The Morgan fingerprint density at radius 3 is 2.67 bits per heavy atom. The first-order chi connectivity index (χ1) is 6.94. The molecule has 0 fully saturated rings. The lowest BCUT2D eigenvalue weighted by molar-refractivity contribution is 0.0231. The van der Waals surface area contributed by atoms with Gasteiger partial charge < -0.3 is 10.1 Å². The van der Waals surface area contributed by atoms with Crippen LogP contribution in [0.2, 0.25) is 0 Å². The molecule has 1 aromatic rings. The first kappa shape index (κ1) is 13.2. The summed E-state index contributed by atoms with van der Waals surface area (Å²) in [6.07, 6.45) is 0. The SMILES string of the molecule is COC(C)(C)CNCc1cc(C)c(Br)s1. The minimum atomic E-state index is -0.0937. The third kappa shape index (κ3) is 4.23. The number of halogens is 1. The number of nitrogens with one attached hydrogen (secondary N) is 1. The van der Waals surface area contributed by atoms with Gasteiger partial charge in [-0.25, -0.2) is 0 Å². The molecule has 0 atom stereocenters. The largest absolute Gasteiger partial charge is 0.377 e. The van der Waals surface area contributed by atoms with Crippen molar-refractivity contribution in [3.8, 4) is 0 Å². The van der Waals surface area contributed by atoms with Crippen molar-refractivity contribution in [2.45, 2.75) is 32.9 Å². The maximum absolute atomic E-state index is 5.34. The summed E-state index contributed by atoms with van der Waals surface area (Å²) in [5, 5.41) is 3.40. The molecule has 0 radical (unpaired) electrons. The van der Waals surface area contributed by atoms with Crippen LogP contribution in [0.15, 0.2) is 9.85 Å². The zero-order chi connectivity index (χ0) is 11.5. The molecule has 4 heteroatoms. The third-order valence-electron chi connectivity index (χ3n) is 2.31. The summed E-state index contributed by atoms with van der Waals surface area (Å²) in [5.74, 6) is 0. The van der Waals surface area contributed by atoms with E-state index in [0.717, 1.165) is 13.1 Å². The molecule has 0 aliphatic rings. The van der Waals surface area contributed by atoms with Gasteiger partial charge in [0, 0.05) is 25.1 Å². The number of hydrogen-bond donors (Lipinski definition) is 1. The second kappa shape index (κ2) is 5.43. The predicted molar refractivity (Wildman–Crippen MR) is 69.6 cm³/mol. The molecule has 0 bridgehead atoms. The van der Waals surface area contributed by atoms with Gasteiger partial charge in [-0.2, -0.15) is 0 Å². The summed E-state index contributed by atoms with van der Waals surface area (Å²) in [4.78, 5) is 1.35. The fourth-order valence-corrected chi connectivity index (χ4v) is 2.77. The average Bonchev–Trinajstić information content (AvgIpc) is 2.46. The minimum absolute atomic E-state index is 0.0937. The summed E-state index contributed by atoms with van der Waals surface area (Å²) in [6, 6.07) is 2.21. The Morgan fingerprint density at radius 2 is 2.20 bits per heavy atom. The third-order valence-corrected chi connectivity index (χ3v) is 4.45. The van der Waals surface area contributed by atoms with Gasteiger partial charge in [0.1, 0.15) is 0 Å². The van der Waals surface area contributed by atoms with Crippen LogP contribution >= 0.6 is 27.3 Å². The van der Waals surface area contributed by atoms with Crippen molar-refractivity contribution in [2.24, 2.45) is 0 Å². The van der Waals surface area contributed by atoms with E-state index in [1.165, 1.54) is 14.2 Å². The van der Waals surface area contributed by atoms with Crippen molar-refractivity contribution in [1.29, 1.82) is 0 Å². The van der Waals surface area contributed by atoms with Crippen molar-refractivity contribution in [2.75, 3.05) is 13.7 Å². The Bertz CT molecular complexity index is 303. The molecule has 86 valence electrons. The van der Waals surface area contributed by atoms with E-state index >= 15 is 0 Å². The van der Waals surface area contributed by atoms with E-state index in [0.29, 0.717) is 0 Å². The van der Waals surface area contributed by atoms with Gasteiger partial charge in [0.15, 0.2) is 0 Å². The van der Waals surface area contributed by atoms with Crippen LogP contribution in [-0.4, -0.2) is 19.3 Å². The smallest absolute Gasteiger partial charge is 0.0746 e. The zero-order valence-electron chi connectivity index (χ0n) is 9.69. The molecule has 1 aromatic heterocycles. The van der Waals surface area contributed by atoms with Crippen LogP contribution in [0.3, 0.4) is 0 Å². The average molecular weight is 292 g/mol. The molecule has 0 unspecified atom stereocenters. The summed E-state index contributed by atoms with van der Waals surface area (Å²) in [7, 11) is 1.74. The minimum Gasteiger partial charge on any atom is -0.377 e. The van der Waals surface area contributed by atoms with Gasteiger partial charge in [-0.15, -0.1) is 11.3 Å². The van der Waals surface area contributed by atoms with Crippen LogP contribution in [0.1, 0.15) is 24.3 Å². The van der Waals surface area contributed by atoms with E-state index in [1.54, 1.807) is 18.4 Å². The van der Waals surface area contributed by atoms with Crippen molar-refractivity contribution in [1.82, 2.24) is 5.32 Å². The molecular weight excluding hydrogens is 274 g/mol. The van der Waals surface area contributed by atoms with Crippen molar-refractivity contribution >= 4 is 27.3 Å². The maximum atomic E-state index is 5.34. The van der Waals surface area contributed by atoms with Crippen molar-refractivity contribution in [3.63, 3.8) is 0 Å². The van der Waals surface area contributed by atoms with Crippen LogP contribution in [0, 0.1) is 6.92 Å². The highest BCUT2D eigenvalue weighted by molar-refractivity contribution is 9.11. The summed E-state index contributed by atoms with van der Waals surface area (Å²) in [5.41, 5.74) is 1.21. The van der Waals surface area contributed by atoms with Gasteiger partial charge in [0.25, 0.3) is 0 Å². The highest BCUT2D eigenvalue weighted by atomic mass is 79.9. The molecular formula is C11H18BrNOS.